The first-order chi connectivity index (χ1) is 23.8. The number of aromatic nitrogens is 1. The third-order valence-corrected chi connectivity index (χ3v) is 14.2. The van der Waals surface area contributed by atoms with Gasteiger partial charge in [-0.1, -0.05) is 38.5 Å². The third-order valence-electron chi connectivity index (χ3n) is 14.2. The fraction of sp³-hybridized carbons (Fsp3) is 0.721. The summed E-state index contributed by atoms with van der Waals surface area (Å²) in [6, 6.07) is 13.5. The van der Waals surface area contributed by atoms with E-state index in [-0.39, 0.29) is 23.0 Å². The average molecular weight is 688 g/mol. The maximum atomic E-state index is 12.7. The highest BCUT2D eigenvalue weighted by molar-refractivity contribution is 5.47. The third kappa shape index (κ3) is 5.96. The molecule has 4 aliphatic carbocycles. The Labute approximate surface area is 299 Å². The summed E-state index contributed by atoms with van der Waals surface area (Å²) in [7, 11) is 0. The van der Waals surface area contributed by atoms with Gasteiger partial charge >= 0.3 is 0 Å². The summed E-state index contributed by atoms with van der Waals surface area (Å²) in [6.45, 7) is 13.8. The van der Waals surface area contributed by atoms with Crippen molar-refractivity contribution in [3.8, 4) is 5.69 Å². The van der Waals surface area contributed by atoms with Crippen molar-refractivity contribution in [2.75, 3.05) is 26.4 Å². The zero-order chi connectivity index (χ0) is 34.9. The molecule has 0 bridgehead atoms. The van der Waals surface area contributed by atoms with Crippen molar-refractivity contribution in [1.82, 2.24) is 4.57 Å². The molecule has 6 aliphatic rings. The molecule has 0 radical (unpaired) electrons. The maximum absolute atomic E-state index is 12.7. The largest absolute Gasteiger partial charge is 0.389 e. The van der Waals surface area contributed by atoms with E-state index >= 15 is 0 Å². The smallest absolute Gasteiger partial charge is 0.171 e. The summed E-state index contributed by atoms with van der Waals surface area (Å²) >= 11 is 0. The lowest BCUT2D eigenvalue weighted by Crippen LogP contribution is -2.58. The van der Waals surface area contributed by atoms with Crippen molar-refractivity contribution in [1.29, 1.82) is 0 Å². The van der Waals surface area contributed by atoms with Crippen LogP contribution in [0.25, 0.3) is 5.69 Å². The van der Waals surface area contributed by atoms with E-state index in [1.54, 1.807) is 0 Å². The van der Waals surface area contributed by atoms with Crippen molar-refractivity contribution in [2.45, 2.75) is 147 Å². The number of aryl methyl sites for hydroxylation is 2. The van der Waals surface area contributed by atoms with Gasteiger partial charge in [0, 0.05) is 59.9 Å². The predicted octanol–water partition coefficient (Wildman–Crippen LogP) is 8.44. The number of hydrogen-bond acceptors (Lipinski definition) is 6. The minimum absolute atomic E-state index is 0.0118. The van der Waals surface area contributed by atoms with E-state index < -0.39 is 17.0 Å². The van der Waals surface area contributed by atoms with Gasteiger partial charge in [-0.05, 0) is 132 Å². The Bertz CT molecular complexity index is 1560. The van der Waals surface area contributed by atoms with Crippen LogP contribution in [0, 0.1) is 36.5 Å². The molecule has 5 fully saturated rings. The van der Waals surface area contributed by atoms with Gasteiger partial charge in [0.05, 0.1) is 24.4 Å². The normalized spacial score (nSPS) is 37.7. The Hall–Kier alpha value is -2.00. The lowest BCUT2D eigenvalue weighted by molar-refractivity contribution is -0.322. The molecule has 8 rings (SSSR count). The van der Waals surface area contributed by atoms with E-state index in [9.17, 15) is 10.2 Å². The van der Waals surface area contributed by atoms with Crippen molar-refractivity contribution >= 4 is 0 Å². The number of aliphatic hydroxyl groups is 2. The molecular weight excluding hydrogens is 626 g/mol. The Morgan fingerprint density at radius 2 is 1.62 bits per heavy atom. The predicted molar refractivity (Wildman–Crippen MR) is 194 cm³/mol. The molecule has 50 heavy (non-hydrogen) atoms. The van der Waals surface area contributed by atoms with Gasteiger partial charge in [0.1, 0.15) is 0 Å². The summed E-state index contributed by atoms with van der Waals surface area (Å²) in [5, 5.41) is 25.3. The molecule has 3 saturated carbocycles. The van der Waals surface area contributed by atoms with Gasteiger partial charge in [0.2, 0.25) is 0 Å². The number of fused-ring (bicyclic) bond motifs is 4. The molecule has 2 aromatic rings. The second-order valence-electron chi connectivity index (χ2n) is 18.1. The summed E-state index contributed by atoms with van der Waals surface area (Å²) in [5.41, 5.74) is 5.74. The first-order valence-corrected chi connectivity index (χ1v) is 19.8. The van der Waals surface area contributed by atoms with Crippen LogP contribution in [0.2, 0.25) is 0 Å². The molecule has 1 spiro atoms. The van der Waals surface area contributed by atoms with Crippen LogP contribution in [0.1, 0.15) is 127 Å². The van der Waals surface area contributed by atoms with Crippen LogP contribution in [0.4, 0.5) is 0 Å². The first-order valence-electron chi connectivity index (χ1n) is 19.8. The Morgan fingerprint density at radius 3 is 2.32 bits per heavy atom. The number of ether oxygens (including phenoxy) is 4. The molecule has 0 amide bonds. The molecule has 274 valence electrons. The van der Waals surface area contributed by atoms with Crippen molar-refractivity contribution < 1.29 is 29.2 Å². The number of benzene rings is 1. The Morgan fingerprint density at radius 1 is 0.880 bits per heavy atom. The number of rotatable bonds is 7. The van der Waals surface area contributed by atoms with Gasteiger partial charge in [-0.15, -0.1) is 0 Å². The van der Waals surface area contributed by atoms with E-state index in [1.807, 2.05) is 0 Å². The fourth-order valence-corrected chi connectivity index (χ4v) is 11.4. The molecule has 7 heteroatoms. The lowest BCUT2D eigenvalue weighted by Gasteiger charge is -2.58. The molecular formula is C43H61NO6. The standard InChI is InChI=1S/C43H61NO6/c1-29-10-11-30(2)44(29)32-14-12-31(13-15-32)34-25-40(5)35(17-21-42(40,46)19-8-24-48-37-9-6-7-23-47-37)33-16-20-41(45)26-43(22-18-36(41)38(33)34)49-27-39(3,4)28-50-43/h10-15,33-35,37,45-46H,6-9,16-28H2,1-5H3/t33-,34+,35-,37?,40-,41+,42-/m0/s1. The van der Waals surface area contributed by atoms with E-state index in [1.165, 1.54) is 33.8 Å². The van der Waals surface area contributed by atoms with Crippen molar-refractivity contribution in [3.63, 3.8) is 0 Å². The van der Waals surface area contributed by atoms with Crippen LogP contribution in [0.5, 0.6) is 0 Å². The summed E-state index contributed by atoms with van der Waals surface area (Å²) in [6.07, 6.45) is 11.3. The molecule has 1 unspecified atom stereocenters. The van der Waals surface area contributed by atoms with Gasteiger partial charge in [-0.2, -0.15) is 0 Å². The Balaban J connectivity index is 1.12. The number of allylic oxidation sites excluding steroid dienone is 1. The van der Waals surface area contributed by atoms with Crippen molar-refractivity contribution in [3.05, 3.63) is 64.5 Å². The van der Waals surface area contributed by atoms with E-state index in [2.05, 4.69) is 75.6 Å². The highest BCUT2D eigenvalue weighted by atomic mass is 16.7. The van der Waals surface area contributed by atoms with Crippen LogP contribution >= 0.6 is 0 Å². The zero-order valence-electron chi connectivity index (χ0n) is 31.3. The lowest BCUT2D eigenvalue weighted by atomic mass is 9.49. The summed E-state index contributed by atoms with van der Waals surface area (Å²) < 4.78 is 27.2. The fourth-order valence-electron chi connectivity index (χ4n) is 11.4. The minimum Gasteiger partial charge on any atom is -0.389 e. The zero-order valence-corrected chi connectivity index (χ0v) is 31.3. The second kappa shape index (κ2) is 12.8. The number of nitrogens with zero attached hydrogens (tertiary/aromatic N) is 1. The van der Waals surface area contributed by atoms with Crippen LogP contribution in [0.15, 0.2) is 47.5 Å². The Kier molecular flexibility index (Phi) is 9.00. The van der Waals surface area contributed by atoms with Gasteiger partial charge in [-0.3, -0.25) is 0 Å². The molecule has 7 nitrogen and oxygen atoms in total. The van der Waals surface area contributed by atoms with Crippen LogP contribution in [-0.2, 0) is 18.9 Å². The number of hydrogen-bond donors (Lipinski definition) is 2. The first kappa shape index (κ1) is 35.1. The van der Waals surface area contributed by atoms with Crippen LogP contribution in [-0.4, -0.2) is 64.5 Å². The van der Waals surface area contributed by atoms with Crippen LogP contribution in [0.3, 0.4) is 0 Å². The molecule has 1 aromatic carbocycles. The molecule has 1 aromatic heterocycles. The average Bonchev–Trinajstić information content (AvgIpc) is 3.58. The molecule has 2 N–H and O–H groups in total. The molecule has 7 atom stereocenters. The second-order valence-corrected chi connectivity index (χ2v) is 18.1. The molecule has 3 heterocycles. The van der Waals surface area contributed by atoms with E-state index in [0.29, 0.717) is 38.1 Å². The van der Waals surface area contributed by atoms with Crippen molar-refractivity contribution in [2.24, 2.45) is 22.7 Å². The minimum atomic E-state index is -0.926. The summed E-state index contributed by atoms with van der Waals surface area (Å²) in [5.74, 6) is 0.180. The van der Waals surface area contributed by atoms with Gasteiger partial charge in [0.15, 0.2) is 12.1 Å². The quantitative estimate of drug-likeness (QED) is 0.225. The highest BCUT2D eigenvalue weighted by Gasteiger charge is 2.64. The SMILES string of the molecule is Cc1ccc(C)n1-c1ccc([C@H]2C[C@@]3(C)[C@@H](CC[C@@]3(O)CCCOC3CCCCO3)[C@@H]3CC[C@@]4(O)CC5(CCC4=C32)OCC(C)(C)CO5)cc1. The van der Waals surface area contributed by atoms with Gasteiger partial charge < -0.3 is 33.7 Å². The van der Waals surface area contributed by atoms with Gasteiger partial charge in [-0.25, -0.2) is 0 Å². The summed E-state index contributed by atoms with van der Waals surface area (Å²) in [4.78, 5) is 0. The van der Waals surface area contributed by atoms with E-state index in [4.69, 9.17) is 18.9 Å². The molecule has 2 aliphatic heterocycles. The van der Waals surface area contributed by atoms with E-state index in [0.717, 1.165) is 83.7 Å². The maximum Gasteiger partial charge on any atom is 0.171 e. The van der Waals surface area contributed by atoms with Gasteiger partial charge in [0.25, 0.3) is 0 Å². The highest BCUT2D eigenvalue weighted by Crippen LogP contribution is 2.68. The molecule has 2 saturated heterocycles. The van der Waals surface area contributed by atoms with Crippen LogP contribution < -0.4 is 0 Å². The monoisotopic (exact) mass is 687 g/mol. The topological polar surface area (TPSA) is 82.3 Å².